The summed E-state index contributed by atoms with van der Waals surface area (Å²) in [5.74, 6) is 2.21. The quantitative estimate of drug-likeness (QED) is 0.247. The van der Waals surface area contributed by atoms with Crippen LogP contribution in [0.3, 0.4) is 0 Å². The molecule has 0 unspecified atom stereocenters. The second kappa shape index (κ2) is 10.3. The number of nitrogens with zero attached hydrogens (tertiary/aromatic N) is 2. The Morgan fingerprint density at radius 1 is 0.722 bits per heavy atom. The third-order valence-electron chi connectivity index (χ3n) is 5.86. The Bertz CT molecular complexity index is 1460. The molecule has 5 heteroatoms. The maximum absolute atomic E-state index is 11.3. The van der Waals surface area contributed by atoms with Gasteiger partial charge in [-0.2, -0.15) is 0 Å². The van der Waals surface area contributed by atoms with E-state index in [9.17, 15) is 4.79 Å². The molecule has 0 fully saturated rings. The first-order valence-electron chi connectivity index (χ1n) is 11.7. The number of hydrogen-bond acceptors (Lipinski definition) is 4. The van der Waals surface area contributed by atoms with Crippen LogP contribution in [0.25, 0.3) is 39.6 Å². The Morgan fingerprint density at radius 3 is 1.89 bits per heavy atom. The lowest BCUT2D eigenvalue weighted by molar-refractivity contribution is -0.118. The fraction of sp³-hybridized carbons (Fsp3) is 0.0968. The number of carbonyl (C=O) groups is 1. The van der Waals surface area contributed by atoms with E-state index in [1.165, 1.54) is 6.92 Å². The van der Waals surface area contributed by atoms with Crippen molar-refractivity contribution in [2.75, 3.05) is 13.7 Å². The van der Waals surface area contributed by atoms with Gasteiger partial charge in [0, 0.05) is 22.4 Å². The van der Waals surface area contributed by atoms with Gasteiger partial charge in [0.05, 0.1) is 18.5 Å². The first-order valence-corrected chi connectivity index (χ1v) is 11.7. The molecule has 5 rings (SSSR count). The molecule has 0 aliphatic heterocycles. The molecule has 0 aliphatic carbocycles. The Labute approximate surface area is 210 Å². The van der Waals surface area contributed by atoms with Crippen molar-refractivity contribution in [2.45, 2.75) is 6.92 Å². The number of ether oxygens (including phenoxy) is 2. The maximum atomic E-state index is 11.3. The SMILES string of the molecule is COc1ccc(-n2c(-c3ccc(OCC(C)=O)cc3)nc(-c3ccccc3)c2-c2ccccc2)cc1. The largest absolute Gasteiger partial charge is 0.497 e. The molecule has 0 saturated heterocycles. The number of rotatable bonds is 8. The second-order valence-electron chi connectivity index (χ2n) is 8.41. The summed E-state index contributed by atoms with van der Waals surface area (Å²) in [6, 6.07) is 36.2. The first-order chi connectivity index (χ1) is 17.6. The van der Waals surface area contributed by atoms with Gasteiger partial charge in [0.1, 0.15) is 23.9 Å². The van der Waals surface area contributed by atoms with Crippen LogP contribution in [0.5, 0.6) is 11.5 Å². The van der Waals surface area contributed by atoms with Crippen LogP contribution in [0.2, 0.25) is 0 Å². The fourth-order valence-corrected chi connectivity index (χ4v) is 4.14. The molecule has 4 aromatic carbocycles. The van der Waals surface area contributed by atoms with Crippen molar-refractivity contribution >= 4 is 5.78 Å². The molecule has 0 N–H and O–H groups in total. The molecule has 1 aromatic heterocycles. The molecule has 178 valence electrons. The van der Waals surface area contributed by atoms with E-state index in [1.54, 1.807) is 7.11 Å². The minimum Gasteiger partial charge on any atom is -0.497 e. The van der Waals surface area contributed by atoms with Gasteiger partial charge in [-0.25, -0.2) is 4.98 Å². The van der Waals surface area contributed by atoms with Crippen LogP contribution in [-0.4, -0.2) is 29.1 Å². The van der Waals surface area contributed by atoms with Gasteiger partial charge in [-0.3, -0.25) is 9.36 Å². The standard InChI is InChI=1S/C31H26N2O3/c1-22(34)21-36-28-17-13-25(14-18-28)31-32-29(23-9-5-3-6-10-23)30(24-11-7-4-8-12-24)33(31)26-15-19-27(35-2)20-16-26/h3-20H,21H2,1-2H3. The van der Waals surface area contributed by atoms with Crippen LogP contribution >= 0.6 is 0 Å². The van der Waals surface area contributed by atoms with Crippen molar-refractivity contribution in [1.29, 1.82) is 0 Å². The van der Waals surface area contributed by atoms with Crippen LogP contribution in [0.4, 0.5) is 0 Å². The zero-order valence-corrected chi connectivity index (χ0v) is 20.2. The van der Waals surface area contributed by atoms with E-state index in [0.717, 1.165) is 45.3 Å². The topological polar surface area (TPSA) is 53.4 Å². The van der Waals surface area contributed by atoms with Gasteiger partial charge < -0.3 is 9.47 Å². The average Bonchev–Trinajstić information content (AvgIpc) is 3.34. The second-order valence-corrected chi connectivity index (χ2v) is 8.41. The summed E-state index contributed by atoms with van der Waals surface area (Å²) in [6.45, 7) is 1.56. The number of imidazole rings is 1. The summed E-state index contributed by atoms with van der Waals surface area (Å²) in [5, 5.41) is 0. The lowest BCUT2D eigenvalue weighted by Gasteiger charge is -2.14. The molecule has 0 saturated carbocycles. The summed E-state index contributed by atoms with van der Waals surface area (Å²) in [5.41, 5.74) is 5.89. The Hall–Kier alpha value is -4.64. The van der Waals surface area contributed by atoms with Crippen LogP contribution in [0, 0.1) is 0 Å². The monoisotopic (exact) mass is 474 g/mol. The molecular formula is C31H26N2O3. The number of hydrogen-bond donors (Lipinski definition) is 0. The van der Waals surface area contributed by atoms with E-state index in [1.807, 2.05) is 84.9 Å². The molecule has 0 atom stereocenters. The number of benzene rings is 4. The van der Waals surface area contributed by atoms with Gasteiger partial charge in [0.2, 0.25) is 0 Å². The summed E-state index contributed by atoms with van der Waals surface area (Å²) in [6.07, 6.45) is 0. The number of carbonyl (C=O) groups excluding carboxylic acids is 1. The molecule has 0 aliphatic rings. The van der Waals surface area contributed by atoms with Gasteiger partial charge in [-0.15, -0.1) is 0 Å². The lowest BCUT2D eigenvalue weighted by Crippen LogP contribution is -2.06. The van der Waals surface area contributed by atoms with Crippen molar-refractivity contribution in [3.8, 4) is 51.1 Å². The Balaban J connectivity index is 1.74. The fourth-order valence-electron chi connectivity index (χ4n) is 4.14. The van der Waals surface area contributed by atoms with Gasteiger partial charge in [-0.05, 0) is 55.5 Å². The highest BCUT2D eigenvalue weighted by atomic mass is 16.5. The van der Waals surface area contributed by atoms with Gasteiger partial charge in [0.15, 0.2) is 5.78 Å². The molecule has 5 nitrogen and oxygen atoms in total. The van der Waals surface area contributed by atoms with Crippen LogP contribution in [0.1, 0.15) is 6.92 Å². The average molecular weight is 475 g/mol. The van der Waals surface area contributed by atoms with Crippen LogP contribution in [-0.2, 0) is 4.79 Å². The third kappa shape index (κ3) is 4.77. The van der Waals surface area contributed by atoms with Gasteiger partial charge in [0.25, 0.3) is 0 Å². The van der Waals surface area contributed by atoms with E-state index in [-0.39, 0.29) is 12.4 Å². The van der Waals surface area contributed by atoms with Crippen molar-refractivity contribution in [1.82, 2.24) is 9.55 Å². The zero-order chi connectivity index (χ0) is 24.9. The smallest absolute Gasteiger partial charge is 0.167 e. The number of aromatic nitrogens is 2. The van der Waals surface area contributed by atoms with Crippen LogP contribution in [0.15, 0.2) is 109 Å². The van der Waals surface area contributed by atoms with E-state index in [2.05, 4.69) is 28.8 Å². The first kappa shape index (κ1) is 23.1. The van der Waals surface area contributed by atoms with Crippen molar-refractivity contribution in [3.63, 3.8) is 0 Å². The van der Waals surface area contributed by atoms with E-state index >= 15 is 0 Å². The summed E-state index contributed by atoms with van der Waals surface area (Å²) >= 11 is 0. The minimum atomic E-state index is -0.0193. The molecule has 36 heavy (non-hydrogen) atoms. The van der Waals surface area contributed by atoms with Crippen LogP contribution < -0.4 is 9.47 Å². The molecule has 0 amide bonds. The minimum absolute atomic E-state index is 0.0193. The molecule has 5 aromatic rings. The highest BCUT2D eigenvalue weighted by molar-refractivity contribution is 5.84. The van der Waals surface area contributed by atoms with Crippen molar-refractivity contribution < 1.29 is 14.3 Å². The van der Waals surface area contributed by atoms with E-state index < -0.39 is 0 Å². The molecule has 0 radical (unpaired) electrons. The summed E-state index contributed by atoms with van der Waals surface area (Å²) in [7, 11) is 1.66. The normalized spacial score (nSPS) is 10.7. The van der Waals surface area contributed by atoms with E-state index in [0.29, 0.717) is 5.75 Å². The predicted molar refractivity (Wildman–Crippen MR) is 143 cm³/mol. The predicted octanol–water partition coefficient (Wildman–Crippen LogP) is 6.85. The number of Topliss-reactive ketones (excluding diaryl/α,β-unsaturated/α-hetero) is 1. The van der Waals surface area contributed by atoms with Gasteiger partial charge in [-0.1, -0.05) is 60.7 Å². The highest BCUT2D eigenvalue weighted by Gasteiger charge is 2.22. The lowest BCUT2D eigenvalue weighted by atomic mass is 10.0. The highest BCUT2D eigenvalue weighted by Crippen LogP contribution is 2.39. The van der Waals surface area contributed by atoms with E-state index in [4.69, 9.17) is 14.5 Å². The Morgan fingerprint density at radius 2 is 1.31 bits per heavy atom. The molecular weight excluding hydrogens is 448 g/mol. The Kier molecular flexibility index (Phi) is 6.63. The zero-order valence-electron chi connectivity index (χ0n) is 20.2. The molecule has 0 spiro atoms. The summed E-state index contributed by atoms with van der Waals surface area (Å²) < 4.78 is 13.2. The molecule has 0 bridgehead atoms. The number of methoxy groups -OCH3 is 1. The van der Waals surface area contributed by atoms with Crippen molar-refractivity contribution in [3.05, 3.63) is 109 Å². The summed E-state index contributed by atoms with van der Waals surface area (Å²) in [4.78, 5) is 16.5. The maximum Gasteiger partial charge on any atom is 0.167 e. The van der Waals surface area contributed by atoms with Crippen molar-refractivity contribution in [2.24, 2.45) is 0 Å². The molecule has 1 heterocycles. The van der Waals surface area contributed by atoms with Gasteiger partial charge >= 0.3 is 0 Å². The third-order valence-corrected chi connectivity index (χ3v) is 5.86. The number of ketones is 1.